The zero-order valence-electron chi connectivity index (χ0n) is 12.8. The van der Waals surface area contributed by atoms with Crippen molar-refractivity contribution in [3.05, 3.63) is 0 Å². The first kappa shape index (κ1) is 19.2. The molecule has 0 heterocycles. The van der Waals surface area contributed by atoms with Gasteiger partial charge in [0, 0.05) is 18.6 Å². The molecule has 0 radical (unpaired) electrons. The van der Waals surface area contributed by atoms with E-state index in [2.05, 4.69) is 20.8 Å². The minimum atomic E-state index is 0.264. The van der Waals surface area contributed by atoms with Crippen molar-refractivity contribution in [2.75, 3.05) is 39.6 Å². The van der Waals surface area contributed by atoms with Gasteiger partial charge in [0.15, 0.2) is 0 Å². The highest BCUT2D eigenvalue weighted by atomic mass is 35.5. The van der Waals surface area contributed by atoms with Crippen molar-refractivity contribution < 1.29 is 14.2 Å². The van der Waals surface area contributed by atoms with E-state index >= 15 is 0 Å². The van der Waals surface area contributed by atoms with Gasteiger partial charge in [0.25, 0.3) is 0 Å². The van der Waals surface area contributed by atoms with Crippen LogP contribution in [-0.2, 0) is 14.2 Å². The Morgan fingerprint density at radius 3 is 1.89 bits per heavy atom. The van der Waals surface area contributed by atoms with Crippen LogP contribution in [0.15, 0.2) is 0 Å². The molecule has 0 aromatic rings. The smallest absolute Gasteiger partial charge is 0.0701 e. The van der Waals surface area contributed by atoms with Crippen LogP contribution in [-0.4, -0.2) is 45.0 Å². The first-order valence-corrected chi connectivity index (χ1v) is 8.03. The lowest BCUT2D eigenvalue weighted by Gasteiger charge is -2.16. The summed E-state index contributed by atoms with van der Waals surface area (Å²) in [5, 5.41) is 0.264. The molecule has 0 aliphatic rings. The van der Waals surface area contributed by atoms with Gasteiger partial charge in [0.1, 0.15) is 0 Å². The molecule has 2 atom stereocenters. The normalized spacial score (nSPS) is 14.5. The van der Waals surface area contributed by atoms with Crippen LogP contribution < -0.4 is 0 Å². The summed E-state index contributed by atoms with van der Waals surface area (Å²) in [4.78, 5) is 0. The maximum absolute atomic E-state index is 6.16. The van der Waals surface area contributed by atoms with E-state index in [1.807, 2.05) is 0 Å². The average molecular weight is 295 g/mol. The molecular weight excluding hydrogens is 264 g/mol. The number of ether oxygens (including phenoxy) is 3. The first-order chi connectivity index (χ1) is 9.22. The Kier molecular flexibility index (Phi) is 14.7. The van der Waals surface area contributed by atoms with Gasteiger partial charge in [0.2, 0.25) is 0 Å². The van der Waals surface area contributed by atoms with Crippen molar-refractivity contribution in [3.63, 3.8) is 0 Å². The minimum Gasteiger partial charge on any atom is -0.379 e. The molecule has 0 rings (SSSR count). The lowest BCUT2D eigenvalue weighted by molar-refractivity contribution is 0.0120. The molecule has 0 saturated carbocycles. The second kappa shape index (κ2) is 14.6. The third-order valence-corrected chi connectivity index (χ3v) is 3.85. The van der Waals surface area contributed by atoms with E-state index < -0.39 is 0 Å². The van der Waals surface area contributed by atoms with Crippen LogP contribution in [0, 0.1) is 5.92 Å². The van der Waals surface area contributed by atoms with Crippen molar-refractivity contribution >= 4 is 11.6 Å². The monoisotopic (exact) mass is 294 g/mol. The number of halogens is 1. The summed E-state index contributed by atoms with van der Waals surface area (Å²) in [7, 11) is 0. The van der Waals surface area contributed by atoms with Crippen molar-refractivity contribution in [1.82, 2.24) is 0 Å². The number of rotatable bonds is 14. The summed E-state index contributed by atoms with van der Waals surface area (Å²) >= 11 is 6.16. The Balaban J connectivity index is 3.10. The van der Waals surface area contributed by atoms with Crippen LogP contribution in [0.1, 0.15) is 46.5 Å². The fraction of sp³-hybridized carbons (Fsp3) is 1.00. The minimum absolute atomic E-state index is 0.264. The van der Waals surface area contributed by atoms with Crippen molar-refractivity contribution in [3.8, 4) is 0 Å². The summed E-state index contributed by atoms with van der Waals surface area (Å²) in [6.07, 6.45) is 4.33. The van der Waals surface area contributed by atoms with Gasteiger partial charge in [-0.05, 0) is 25.2 Å². The fourth-order valence-electron chi connectivity index (χ4n) is 1.64. The van der Waals surface area contributed by atoms with Gasteiger partial charge in [-0.1, -0.05) is 27.2 Å². The SMILES string of the molecule is CCCCOCCOCCOCCC(C)C(Cl)CC. The van der Waals surface area contributed by atoms with E-state index in [1.54, 1.807) is 0 Å². The van der Waals surface area contributed by atoms with E-state index in [0.29, 0.717) is 32.3 Å². The summed E-state index contributed by atoms with van der Waals surface area (Å²) in [6, 6.07) is 0. The summed E-state index contributed by atoms with van der Waals surface area (Å²) in [5.41, 5.74) is 0. The number of unbranched alkanes of at least 4 members (excludes halogenated alkanes) is 1. The molecule has 0 aromatic carbocycles. The van der Waals surface area contributed by atoms with E-state index in [0.717, 1.165) is 32.5 Å². The zero-order chi connectivity index (χ0) is 14.3. The van der Waals surface area contributed by atoms with Gasteiger partial charge in [-0.15, -0.1) is 11.6 Å². The Morgan fingerprint density at radius 1 is 0.842 bits per heavy atom. The van der Waals surface area contributed by atoms with Crippen molar-refractivity contribution in [2.24, 2.45) is 5.92 Å². The Hall–Kier alpha value is 0.170. The van der Waals surface area contributed by atoms with E-state index in [1.165, 1.54) is 6.42 Å². The second-order valence-electron chi connectivity index (χ2n) is 4.88. The molecule has 0 bridgehead atoms. The van der Waals surface area contributed by atoms with E-state index in [4.69, 9.17) is 25.8 Å². The van der Waals surface area contributed by atoms with Crippen LogP contribution in [0.4, 0.5) is 0 Å². The lowest BCUT2D eigenvalue weighted by Crippen LogP contribution is -2.14. The molecule has 0 amide bonds. The van der Waals surface area contributed by atoms with Crippen molar-refractivity contribution in [2.45, 2.75) is 51.8 Å². The first-order valence-electron chi connectivity index (χ1n) is 7.59. The molecule has 0 aromatic heterocycles. The van der Waals surface area contributed by atoms with Gasteiger partial charge in [-0.3, -0.25) is 0 Å². The van der Waals surface area contributed by atoms with Gasteiger partial charge in [0.05, 0.1) is 26.4 Å². The Morgan fingerprint density at radius 2 is 1.37 bits per heavy atom. The topological polar surface area (TPSA) is 27.7 Å². The molecule has 0 aliphatic heterocycles. The van der Waals surface area contributed by atoms with Gasteiger partial charge in [-0.2, -0.15) is 0 Å². The summed E-state index contributed by atoms with van der Waals surface area (Å²) in [6.45, 7) is 10.7. The summed E-state index contributed by atoms with van der Waals surface area (Å²) < 4.78 is 16.3. The van der Waals surface area contributed by atoms with Crippen LogP contribution in [0.5, 0.6) is 0 Å². The Labute approximate surface area is 123 Å². The maximum Gasteiger partial charge on any atom is 0.0701 e. The van der Waals surface area contributed by atoms with Crippen LogP contribution in [0.3, 0.4) is 0 Å². The molecular formula is C15H31ClO3. The molecule has 116 valence electrons. The summed E-state index contributed by atoms with van der Waals surface area (Å²) in [5.74, 6) is 0.513. The standard InChI is InChI=1S/C15H31ClO3/c1-4-6-8-17-10-12-19-13-11-18-9-7-14(3)15(16)5-2/h14-15H,4-13H2,1-3H3. The third-order valence-electron chi connectivity index (χ3n) is 3.11. The molecule has 0 saturated heterocycles. The molecule has 0 spiro atoms. The number of hydrogen-bond acceptors (Lipinski definition) is 3. The van der Waals surface area contributed by atoms with Gasteiger partial charge < -0.3 is 14.2 Å². The molecule has 0 N–H and O–H groups in total. The quantitative estimate of drug-likeness (QED) is 0.359. The third kappa shape index (κ3) is 12.9. The van der Waals surface area contributed by atoms with E-state index in [9.17, 15) is 0 Å². The molecule has 4 heteroatoms. The molecule has 3 nitrogen and oxygen atoms in total. The van der Waals surface area contributed by atoms with Gasteiger partial charge in [-0.25, -0.2) is 0 Å². The zero-order valence-corrected chi connectivity index (χ0v) is 13.6. The highest BCUT2D eigenvalue weighted by Crippen LogP contribution is 2.17. The van der Waals surface area contributed by atoms with Crippen molar-refractivity contribution in [1.29, 1.82) is 0 Å². The predicted octanol–water partition coefficient (Wildman–Crippen LogP) is 3.88. The number of hydrogen-bond donors (Lipinski definition) is 0. The molecule has 2 unspecified atom stereocenters. The van der Waals surface area contributed by atoms with Crippen LogP contribution in [0.25, 0.3) is 0 Å². The van der Waals surface area contributed by atoms with Gasteiger partial charge >= 0.3 is 0 Å². The molecule has 0 aliphatic carbocycles. The maximum atomic E-state index is 6.16. The van der Waals surface area contributed by atoms with Crippen LogP contribution >= 0.6 is 11.6 Å². The highest BCUT2D eigenvalue weighted by Gasteiger charge is 2.11. The molecule has 0 fully saturated rings. The Bertz CT molecular complexity index is 179. The highest BCUT2D eigenvalue weighted by molar-refractivity contribution is 6.20. The number of alkyl halides is 1. The predicted molar refractivity (Wildman–Crippen MR) is 81.1 cm³/mol. The molecule has 19 heavy (non-hydrogen) atoms. The average Bonchev–Trinajstić information content (AvgIpc) is 2.43. The lowest BCUT2D eigenvalue weighted by atomic mass is 10.0. The second-order valence-corrected chi connectivity index (χ2v) is 5.44. The largest absolute Gasteiger partial charge is 0.379 e. The van der Waals surface area contributed by atoms with Crippen LogP contribution in [0.2, 0.25) is 0 Å². The fourth-order valence-corrected chi connectivity index (χ4v) is 1.77. The van der Waals surface area contributed by atoms with E-state index in [-0.39, 0.29) is 5.38 Å².